The third-order valence-corrected chi connectivity index (χ3v) is 7.11. The molecule has 3 atom stereocenters. The van der Waals surface area contributed by atoms with Gasteiger partial charge in [-0.3, -0.25) is 0 Å². The normalized spacial score (nSPS) is 36.1. The Hall–Kier alpha value is -0.860. The van der Waals surface area contributed by atoms with Crippen LogP contribution < -0.4 is 5.73 Å². The lowest BCUT2D eigenvalue weighted by atomic mass is 9.61. The third kappa shape index (κ3) is 2.55. The highest BCUT2D eigenvalue weighted by Crippen LogP contribution is 2.51. The van der Waals surface area contributed by atoms with E-state index in [1.54, 1.807) is 0 Å². The molecule has 3 aliphatic rings. The van der Waals surface area contributed by atoms with Gasteiger partial charge in [0.25, 0.3) is 0 Å². The zero-order valence-corrected chi connectivity index (χ0v) is 14.5. The minimum Gasteiger partial charge on any atom is -0.375 e. The maximum atomic E-state index is 7.09. The molecule has 2 aliphatic carbocycles. The molecule has 1 aromatic carbocycles. The van der Waals surface area contributed by atoms with Crippen molar-refractivity contribution in [2.24, 2.45) is 17.6 Å². The van der Waals surface area contributed by atoms with E-state index in [-0.39, 0.29) is 11.1 Å². The number of hydrogen-bond donors (Lipinski definition) is 1. The quantitative estimate of drug-likeness (QED) is 0.869. The van der Waals surface area contributed by atoms with E-state index in [0.29, 0.717) is 5.92 Å². The minimum atomic E-state index is -0.142. The Morgan fingerprint density at radius 1 is 1.17 bits per heavy atom. The van der Waals surface area contributed by atoms with E-state index in [2.05, 4.69) is 31.2 Å². The molecule has 23 heavy (non-hydrogen) atoms. The third-order valence-electron chi connectivity index (χ3n) is 7.11. The molecule has 2 fully saturated rings. The van der Waals surface area contributed by atoms with E-state index in [1.807, 2.05) is 0 Å². The Labute approximate surface area is 140 Å². The largest absolute Gasteiger partial charge is 0.375 e. The van der Waals surface area contributed by atoms with Gasteiger partial charge in [-0.1, -0.05) is 44.0 Å². The maximum Gasteiger partial charge on any atom is 0.0685 e. The fourth-order valence-corrected chi connectivity index (χ4v) is 5.85. The highest BCUT2D eigenvalue weighted by Gasteiger charge is 2.48. The van der Waals surface area contributed by atoms with Gasteiger partial charge < -0.3 is 10.5 Å². The second-order valence-corrected chi connectivity index (χ2v) is 8.19. The zero-order chi connectivity index (χ0) is 15.9. The zero-order valence-electron chi connectivity index (χ0n) is 14.5. The van der Waals surface area contributed by atoms with E-state index in [9.17, 15) is 0 Å². The van der Waals surface area contributed by atoms with Gasteiger partial charge in [0.05, 0.1) is 5.60 Å². The van der Waals surface area contributed by atoms with Crippen LogP contribution in [0.3, 0.4) is 0 Å². The minimum absolute atomic E-state index is 0.142. The van der Waals surface area contributed by atoms with E-state index in [0.717, 1.165) is 18.9 Å². The molecule has 1 heterocycles. The van der Waals surface area contributed by atoms with Gasteiger partial charge in [0, 0.05) is 12.1 Å². The number of rotatable bonds is 2. The van der Waals surface area contributed by atoms with Crippen LogP contribution in [-0.2, 0) is 16.7 Å². The van der Waals surface area contributed by atoms with Crippen LogP contribution in [0.2, 0.25) is 0 Å². The molecule has 2 N–H and O–H groups in total. The van der Waals surface area contributed by atoms with Crippen LogP contribution in [0.25, 0.3) is 0 Å². The first-order valence-corrected chi connectivity index (χ1v) is 9.68. The van der Waals surface area contributed by atoms with Gasteiger partial charge in [-0.25, -0.2) is 0 Å². The number of nitrogens with two attached hydrogens (primary N) is 1. The predicted octanol–water partition coefficient (Wildman–Crippen LogP) is 4.55. The number of benzene rings is 1. The monoisotopic (exact) mass is 313 g/mol. The Kier molecular flexibility index (Phi) is 4.01. The van der Waals surface area contributed by atoms with Crippen LogP contribution in [0.5, 0.6) is 0 Å². The second kappa shape index (κ2) is 5.89. The van der Waals surface area contributed by atoms with Crippen molar-refractivity contribution in [2.75, 3.05) is 6.61 Å². The summed E-state index contributed by atoms with van der Waals surface area (Å²) >= 11 is 0. The summed E-state index contributed by atoms with van der Waals surface area (Å²) in [4.78, 5) is 0. The topological polar surface area (TPSA) is 35.2 Å². The molecule has 2 heteroatoms. The van der Waals surface area contributed by atoms with Crippen molar-refractivity contribution in [3.05, 3.63) is 35.4 Å². The number of ether oxygens (including phenoxy) is 1. The highest BCUT2D eigenvalue weighted by atomic mass is 16.5. The Balaban J connectivity index is 1.63. The van der Waals surface area contributed by atoms with Gasteiger partial charge in [-0.15, -0.1) is 0 Å². The lowest BCUT2D eigenvalue weighted by molar-refractivity contribution is -0.109. The summed E-state index contributed by atoms with van der Waals surface area (Å²) in [6.07, 6.45) is 11.2. The lowest BCUT2D eigenvalue weighted by Gasteiger charge is -2.50. The van der Waals surface area contributed by atoms with Crippen molar-refractivity contribution in [1.82, 2.24) is 0 Å². The Morgan fingerprint density at radius 2 is 1.96 bits per heavy atom. The van der Waals surface area contributed by atoms with Crippen molar-refractivity contribution in [3.8, 4) is 0 Å². The molecule has 4 rings (SSSR count). The molecule has 1 saturated heterocycles. The fourth-order valence-electron chi connectivity index (χ4n) is 5.85. The molecule has 1 aromatic rings. The molecule has 1 aliphatic heterocycles. The molecule has 1 spiro atoms. The van der Waals surface area contributed by atoms with Crippen molar-refractivity contribution in [1.29, 1.82) is 0 Å². The number of fused-ring (bicyclic) bond motifs is 1. The lowest BCUT2D eigenvalue weighted by Crippen LogP contribution is -2.52. The van der Waals surface area contributed by atoms with Crippen LogP contribution in [0.4, 0.5) is 0 Å². The molecule has 2 nitrogen and oxygen atoms in total. The SMILES string of the molecule is CCC1(N)c2ccccc2CCC1C1CCOC2(CCCC2)C1. The molecule has 126 valence electrons. The Bertz CT molecular complexity index is 563. The van der Waals surface area contributed by atoms with Gasteiger partial charge in [0.1, 0.15) is 0 Å². The summed E-state index contributed by atoms with van der Waals surface area (Å²) in [6, 6.07) is 8.90. The van der Waals surface area contributed by atoms with Gasteiger partial charge in [-0.2, -0.15) is 0 Å². The second-order valence-electron chi connectivity index (χ2n) is 8.19. The van der Waals surface area contributed by atoms with Gasteiger partial charge >= 0.3 is 0 Å². The van der Waals surface area contributed by atoms with E-state index >= 15 is 0 Å². The van der Waals surface area contributed by atoms with Crippen molar-refractivity contribution in [2.45, 2.75) is 75.9 Å². The van der Waals surface area contributed by atoms with Crippen LogP contribution in [-0.4, -0.2) is 12.2 Å². The van der Waals surface area contributed by atoms with Crippen LogP contribution in [0.15, 0.2) is 24.3 Å². The van der Waals surface area contributed by atoms with E-state index in [4.69, 9.17) is 10.5 Å². The average Bonchev–Trinajstić information content (AvgIpc) is 3.03. The molecule has 3 unspecified atom stereocenters. The molecule has 0 bridgehead atoms. The molecular formula is C21H31NO. The molecular weight excluding hydrogens is 282 g/mol. The summed E-state index contributed by atoms with van der Waals surface area (Å²) < 4.78 is 6.28. The van der Waals surface area contributed by atoms with Crippen LogP contribution in [0.1, 0.15) is 69.4 Å². The smallest absolute Gasteiger partial charge is 0.0685 e. The summed E-state index contributed by atoms with van der Waals surface area (Å²) in [5.41, 5.74) is 10.1. The fraction of sp³-hybridized carbons (Fsp3) is 0.714. The predicted molar refractivity (Wildman–Crippen MR) is 94.3 cm³/mol. The molecule has 0 aromatic heterocycles. The standard InChI is InChI=1S/C21H31NO/c1-2-21(22)18-8-4-3-7-16(18)9-10-19(21)17-11-14-23-20(15-17)12-5-6-13-20/h3-4,7-8,17,19H,2,5-6,9-15,22H2,1H3. The number of hydrogen-bond acceptors (Lipinski definition) is 2. The summed E-state index contributed by atoms with van der Waals surface area (Å²) in [5.74, 6) is 1.35. The van der Waals surface area contributed by atoms with E-state index < -0.39 is 0 Å². The van der Waals surface area contributed by atoms with Gasteiger partial charge in [-0.05, 0) is 67.9 Å². The molecule has 0 radical (unpaired) electrons. The first-order valence-electron chi connectivity index (χ1n) is 9.68. The summed E-state index contributed by atoms with van der Waals surface area (Å²) in [6.45, 7) is 3.22. The Morgan fingerprint density at radius 3 is 2.74 bits per heavy atom. The summed E-state index contributed by atoms with van der Waals surface area (Å²) in [7, 11) is 0. The number of aryl methyl sites for hydroxylation is 1. The van der Waals surface area contributed by atoms with Gasteiger partial charge in [0.2, 0.25) is 0 Å². The first-order chi connectivity index (χ1) is 11.2. The highest BCUT2D eigenvalue weighted by molar-refractivity contribution is 5.37. The average molecular weight is 313 g/mol. The van der Waals surface area contributed by atoms with Crippen LogP contribution in [0, 0.1) is 11.8 Å². The maximum absolute atomic E-state index is 7.09. The summed E-state index contributed by atoms with van der Waals surface area (Å²) in [5, 5.41) is 0. The van der Waals surface area contributed by atoms with Crippen molar-refractivity contribution >= 4 is 0 Å². The molecule has 1 saturated carbocycles. The van der Waals surface area contributed by atoms with Gasteiger partial charge in [0.15, 0.2) is 0 Å². The van der Waals surface area contributed by atoms with Crippen LogP contribution >= 0.6 is 0 Å². The van der Waals surface area contributed by atoms with Crippen molar-refractivity contribution < 1.29 is 4.74 Å². The van der Waals surface area contributed by atoms with E-state index in [1.165, 1.54) is 62.5 Å². The first kappa shape index (κ1) is 15.7. The molecule has 0 amide bonds. The van der Waals surface area contributed by atoms with Crippen molar-refractivity contribution in [3.63, 3.8) is 0 Å².